The van der Waals surface area contributed by atoms with Crippen molar-refractivity contribution in [3.8, 4) is 0 Å². The monoisotopic (exact) mass is 411 g/mol. The predicted octanol–water partition coefficient (Wildman–Crippen LogP) is 1.54. The molecule has 1 aromatic carbocycles. The largest absolute Gasteiger partial charge is 0.352 e. The molecular weight excluding hydrogens is 390 g/mol. The summed E-state index contributed by atoms with van der Waals surface area (Å²) >= 11 is 5.83. The molecule has 2 aromatic rings. The van der Waals surface area contributed by atoms with E-state index in [1.165, 1.54) is 22.8 Å². The molecule has 0 spiro atoms. The first-order valence-electron chi connectivity index (χ1n) is 8.75. The second-order valence-corrected chi connectivity index (χ2v) is 9.03. The molecule has 1 unspecified atom stereocenters. The molecule has 1 fully saturated rings. The van der Waals surface area contributed by atoms with Gasteiger partial charge in [0.1, 0.15) is 12.7 Å². The summed E-state index contributed by atoms with van der Waals surface area (Å²) in [6.45, 7) is 3.08. The Balaban J connectivity index is 1.53. The number of benzene rings is 1. The zero-order valence-electron chi connectivity index (χ0n) is 15.0. The molecular formula is C17H22ClN5O3S. The molecule has 146 valence electrons. The van der Waals surface area contributed by atoms with Crippen LogP contribution < -0.4 is 5.32 Å². The number of piperidine rings is 1. The lowest BCUT2D eigenvalue weighted by Gasteiger charge is -2.31. The van der Waals surface area contributed by atoms with Gasteiger partial charge in [-0.05, 0) is 44.0 Å². The molecule has 0 aliphatic carbocycles. The Hall–Kier alpha value is -1.97. The van der Waals surface area contributed by atoms with Crippen LogP contribution in [0, 0.1) is 5.92 Å². The van der Waals surface area contributed by atoms with Crippen LogP contribution in [0.3, 0.4) is 0 Å². The number of rotatable bonds is 6. The summed E-state index contributed by atoms with van der Waals surface area (Å²) in [7, 11) is -3.56. The molecule has 27 heavy (non-hydrogen) atoms. The summed E-state index contributed by atoms with van der Waals surface area (Å²) in [4.78, 5) is 16.6. The summed E-state index contributed by atoms with van der Waals surface area (Å²) in [6, 6.07) is 6.04. The molecule has 0 saturated carbocycles. The summed E-state index contributed by atoms with van der Waals surface area (Å²) in [6.07, 6.45) is 4.04. The number of carbonyl (C=O) groups excluding carboxylic acids is 1. The lowest BCUT2D eigenvalue weighted by atomic mass is 9.97. The minimum Gasteiger partial charge on any atom is -0.352 e. The van der Waals surface area contributed by atoms with Crippen LogP contribution in [0.4, 0.5) is 0 Å². The third kappa shape index (κ3) is 4.85. The van der Waals surface area contributed by atoms with Gasteiger partial charge in [0.15, 0.2) is 0 Å². The zero-order chi connectivity index (χ0) is 19.4. The molecule has 3 rings (SSSR count). The Morgan fingerprint density at radius 3 is 2.56 bits per heavy atom. The van der Waals surface area contributed by atoms with Gasteiger partial charge in [-0.1, -0.05) is 11.6 Å². The lowest BCUT2D eigenvalue weighted by Crippen LogP contribution is -2.45. The highest BCUT2D eigenvalue weighted by atomic mass is 35.5. The van der Waals surface area contributed by atoms with Crippen LogP contribution in [0.2, 0.25) is 5.02 Å². The fraction of sp³-hybridized carbons (Fsp3) is 0.471. The van der Waals surface area contributed by atoms with Gasteiger partial charge in [0.05, 0.1) is 11.4 Å². The smallest absolute Gasteiger partial charge is 0.243 e. The molecule has 0 radical (unpaired) electrons. The van der Waals surface area contributed by atoms with E-state index in [1.54, 1.807) is 23.1 Å². The van der Waals surface area contributed by atoms with E-state index < -0.39 is 10.0 Å². The van der Waals surface area contributed by atoms with Crippen LogP contribution >= 0.6 is 11.6 Å². The molecule has 1 aliphatic heterocycles. The van der Waals surface area contributed by atoms with Crippen LogP contribution in [-0.2, 0) is 21.4 Å². The first kappa shape index (κ1) is 19.8. The average molecular weight is 412 g/mol. The van der Waals surface area contributed by atoms with E-state index in [0.717, 1.165) is 0 Å². The summed E-state index contributed by atoms with van der Waals surface area (Å²) < 4.78 is 28.5. The van der Waals surface area contributed by atoms with Crippen molar-refractivity contribution < 1.29 is 13.2 Å². The number of hydrogen-bond donors (Lipinski definition) is 1. The number of halogens is 1. The van der Waals surface area contributed by atoms with E-state index in [0.29, 0.717) is 37.5 Å². The standard InChI is InChI=1S/C17H22ClN5O3S/c1-13(10-22-12-19-11-20-22)21-17(24)14-6-8-23(9-7-14)27(25,26)16-4-2-15(18)3-5-16/h2-5,11-14H,6-10H2,1H3,(H,21,24). The third-order valence-electron chi connectivity index (χ3n) is 4.59. The van der Waals surface area contributed by atoms with Gasteiger partial charge >= 0.3 is 0 Å². The molecule has 2 heterocycles. The minimum atomic E-state index is -3.56. The third-order valence-corrected chi connectivity index (χ3v) is 6.76. The zero-order valence-corrected chi connectivity index (χ0v) is 16.5. The second kappa shape index (κ2) is 8.37. The molecule has 0 bridgehead atoms. The van der Waals surface area contributed by atoms with E-state index >= 15 is 0 Å². The first-order chi connectivity index (χ1) is 12.9. The van der Waals surface area contributed by atoms with Crippen molar-refractivity contribution in [2.75, 3.05) is 13.1 Å². The molecule has 1 amide bonds. The summed E-state index contributed by atoms with van der Waals surface area (Å²) in [5, 5.41) is 7.48. The predicted molar refractivity (Wildman–Crippen MR) is 101 cm³/mol. The van der Waals surface area contributed by atoms with Gasteiger partial charge in [0.25, 0.3) is 0 Å². The highest BCUT2D eigenvalue weighted by Gasteiger charge is 2.32. The van der Waals surface area contributed by atoms with Gasteiger partial charge < -0.3 is 5.32 Å². The average Bonchev–Trinajstić information content (AvgIpc) is 3.15. The Labute approximate surface area is 163 Å². The maximum absolute atomic E-state index is 12.7. The molecule has 1 aromatic heterocycles. The van der Waals surface area contributed by atoms with Crippen molar-refractivity contribution in [3.05, 3.63) is 41.9 Å². The topological polar surface area (TPSA) is 97.2 Å². The van der Waals surface area contributed by atoms with Crippen LogP contribution in [0.1, 0.15) is 19.8 Å². The van der Waals surface area contributed by atoms with Gasteiger partial charge in [0, 0.05) is 30.1 Å². The van der Waals surface area contributed by atoms with Crippen LogP contribution in [0.25, 0.3) is 0 Å². The van der Waals surface area contributed by atoms with E-state index in [9.17, 15) is 13.2 Å². The van der Waals surface area contributed by atoms with Crippen LogP contribution in [0.15, 0.2) is 41.8 Å². The van der Waals surface area contributed by atoms with Crippen LogP contribution in [0.5, 0.6) is 0 Å². The van der Waals surface area contributed by atoms with Gasteiger partial charge in [-0.2, -0.15) is 9.40 Å². The van der Waals surface area contributed by atoms with Gasteiger partial charge in [0.2, 0.25) is 15.9 Å². The molecule has 1 aliphatic rings. The molecule has 1 atom stereocenters. The molecule has 8 nitrogen and oxygen atoms in total. The minimum absolute atomic E-state index is 0.0499. The Bertz CT molecular complexity index is 862. The Kier molecular flexibility index (Phi) is 6.13. The van der Waals surface area contributed by atoms with Crippen molar-refractivity contribution in [2.45, 2.75) is 37.2 Å². The van der Waals surface area contributed by atoms with Gasteiger partial charge in [-0.25, -0.2) is 13.4 Å². The summed E-state index contributed by atoms with van der Waals surface area (Å²) in [5.74, 6) is -0.244. The quantitative estimate of drug-likeness (QED) is 0.777. The van der Waals surface area contributed by atoms with Crippen LogP contribution in [-0.4, -0.2) is 52.5 Å². The lowest BCUT2D eigenvalue weighted by molar-refractivity contribution is -0.126. The fourth-order valence-corrected chi connectivity index (χ4v) is 4.72. The number of hydrogen-bond acceptors (Lipinski definition) is 5. The van der Waals surface area contributed by atoms with Crippen molar-refractivity contribution in [2.24, 2.45) is 5.92 Å². The van der Waals surface area contributed by atoms with Gasteiger partial charge in [-0.15, -0.1) is 0 Å². The number of aromatic nitrogens is 3. The number of amides is 1. The van der Waals surface area contributed by atoms with Gasteiger partial charge in [-0.3, -0.25) is 9.48 Å². The normalized spacial score (nSPS) is 17.6. The van der Waals surface area contributed by atoms with E-state index in [1.807, 2.05) is 6.92 Å². The molecule has 1 N–H and O–H groups in total. The maximum atomic E-state index is 12.7. The van der Waals surface area contributed by atoms with E-state index in [-0.39, 0.29) is 22.8 Å². The first-order valence-corrected chi connectivity index (χ1v) is 10.6. The number of sulfonamides is 1. The molecule has 1 saturated heterocycles. The van der Waals surface area contributed by atoms with Crippen molar-refractivity contribution in [1.82, 2.24) is 24.4 Å². The Morgan fingerprint density at radius 2 is 1.96 bits per heavy atom. The van der Waals surface area contributed by atoms with E-state index in [4.69, 9.17) is 11.6 Å². The summed E-state index contributed by atoms with van der Waals surface area (Å²) in [5.41, 5.74) is 0. The number of carbonyl (C=O) groups is 1. The number of nitrogens with zero attached hydrogens (tertiary/aromatic N) is 4. The SMILES string of the molecule is CC(Cn1cncn1)NC(=O)C1CCN(S(=O)(=O)c2ccc(Cl)cc2)CC1. The fourth-order valence-electron chi connectivity index (χ4n) is 3.13. The van der Waals surface area contributed by atoms with Crippen molar-refractivity contribution in [1.29, 1.82) is 0 Å². The highest BCUT2D eigenvalue weighted by molar-refractivity contribution is 7.89. The Morgan fingerprint density at radius 1 is 1.30 bits per heavy atom. The highest BCUT2D eigenvalue weighted by Crippen LogP contribution is 2.25. The molecule has 10 heteroatoms. The second-order valence-electron chi connectivity index (χ2n) is 6.66. The van der Waals surface area contributed by atoms with Crippen molar-refractivity contribution >= 4 is 27.5 Å². The van der Waals surface area contributed by atoms with E-state index in [2.05, 4.69) is 15.4 Å². The maximum Gasteiger partial charge on any atom is 0.243 e. The number of nitrogens with one attached hydrogen (secondary N) is 1. The van der Waals surface area contributed by atoms with Crippen molar-refractivity contribution in [3.63, 3.8) is 0 Å².